The number of thiophene rings is 1. The molecule has 0 radical (unpaired) electrons. The summed E-state index contributed by atoms with van der Waals surface area (Å²) in [6.45, 7) is 7.00. The Balaban J connectivity index is 1.36. The highest BCUT2D eigenvalue weighted by molar-refractivity contribution is 7.14. The fraction of sp³-hybridized carbons (Fsp3) is 0.500. The van der Waals surface area contributed by atoms with Gasteiger partial charge in [0.2, 0.25) is 0 Å². The Bertz CT molecular complexity index is 887. The maximum Gasteiger partial charge on any atom is 0.261 e. The molecule has 2 aliphatic rings. The van der Waals surface area contributed by atoms with Crippen LogP contribution >= 0.6 is 11.3 Å². The molecule has 1 fully saturated rings. The van der Waals surface area contributed by atoms with Crippen LogP contribution in [0, 0.1) is 18.3 Å². The van der Waals surface area contributed by atoms with Crippen LogP contribution < -0.4 is 10.1 Å². The van der Waals surface area contributed by atoms with Gasteiger partial charge >= 0.3 is 0 Å². The summed E-state index contributed by atoms with van der Waals surface area (Å²) >= 11 is 1.63. The van der Waals surface area contributed by atoms with Crippen molar-refractivity contribution in [2.24, 2.45) is 11.3 Å². The zero-order valence-corrected chi connectivity index (χ0v) is 17.3. The molecule has 150 valence electrons. The Morgan fingerprint density at radius 2 is 2.07 bits per heavy atom. The third kappa shape index (κ3) is 3.34. The molecule has 1 amide bonds. The molecule has 0 spiro atoms. The summed E-state index contributed by atoms with van der Waals surface area (Å²) in [6.07, 6.45) is 0.151. The Morgan fingerprint density at radius 3 is 2.75 bits per heavy atom. The first-order chi connectivity index (χ1) is 13.3. The first-order valence-electron chi connectivity index (χ1n) is 9.74. The molecule has 2 aromatic rings. The van der Waals surface area contributed by atoms with Crippen molar-refractivity contribution in [3.8, 4) is 5.75 Å². The minimum atomic E-state index is -0.883. The maximum atomic E-state index is 12.8. The normalized spacial score (nSPS) is 22.3. The Labute approximate surface area is 169 Å². The minimum Gasteiger partial charge on any atom is -0.491 e. The van der Waals surface area contributed by atoms with Crippen LogP contribution in [0.3, 0.4) is 0 Å². The lowest BCUT2D eigenvalue weighted by molar-refractivity contribution is 0.0536. The Morgan fingerprint density at radius 1 is 1.36 bits per heavy atom. The molecule has 5 nitrogen and oxygen atoms in total. The predicted octanol–water partition coefficient (Wildman–Crippen LogP) is 3.01. The standard InChI is InChI=1S/C22H27NO4S/c1-12-18-16(8-17-19(18)22(17,2)3)20(28-12)21(26)23-9-13-4-6-15(7-5-13)27-11-14(25)10-24/h4-7,14,17,19,24-25H,8-11H2,1-3H3,(H,23,26)/t14-,17-,19-/m1/s1. The number of nitrogens with one attached hydrogen (secondary N) is 1. The van der Waals surface area contributed by atoms with Gasteiger partial charge in [0.1, 0.15) is 18.5 Å². The summed E-state index contributed by atoms with van der Waals surface area (Å²) in [6, 6.07) is 7.38. The number of hydrogen-bond donors (Lipinski definition) is 3. The van der Waals surface area contributed by atoms with Gasteiger partial charge in [0.25, 0.3) is 5.91 Å². The van der Waals surface area contributed by atoms with E-state index < -0.39 is 6.10 Å². The van der Waals surface area contributed by atoms with Crippen molar-refractivity contribution in [3.05, 3.63) is 50.7 Å². The van der Waals surface area contributed by atoms with Gasteiger partial charge in [-0.25, -0.2) is 0 Å². The number of aryl methyl sites for hydroxylation is 1. The zero-order valence-electron chi connectivity index (χ0n) is 16.5. The van der Waals surface area contributed by atoms with Crippen LogP contribution in [0.25, 0.3) is 0 Å². The first kappa shape index (κ1) is 19.4. The zero-order chi connectivity index (χ0) is 20.1. The van der Waals surface area contributed by atoms with E-state index >= 15 is 0 Å². The van der Waals surface area contributed by atoms with Crippen LogP contribution in [-0.4, -0.2) is 35.4 Å². The molecular weight excluding hydrogens is 374 g/mol. The highest BCUT2D eigenvalue weighted by atomic mass is 32.1. The number of fused-ring (bicyclic) bond motifs is 3. The number of carbonyl (C=O) groups is 1. The summed E-state index contributed by atoms with van der Waals surface area (Å²) in [5, 5.41) is 21.2. The van der Waals surface area contributed by atoms with Gasteiger partial charge in [-0.05, 0) is 59.4 Å². The summed E-state index contributed by atoms with van der Waals surface area (Å²) in [5.41, 5.74) is 4.10. The van der Waals surface area contributed by atoms with E-state index in [2.05, 4.69) is 26.1 Å². The van der Waals surface area contributed by atoms with Crippen molar-refractivity contribution in [2.45, 2.75) is 45.8 Å². The van der Waals surface area contributed by atoms with Crippen molar-refractivity contribution >= 4 is 17.2 Å². The SMILES string of the molecule is Cc1sc(C(=O)NCc2ccc(OC[C@H](O)CO)cc2)c2c1[C@H]1[C@@H](C2)C1(C)C. The van der Waals surface area contributed by atoms with Gasteiger partial charge in [-0.3, -0.25) is 4.79 Å². The topological polar surface area (TPSA) is 78.8 Å². The van der Waals surface area contributed by atoms with E-state index in [1.165, 1.54) is 16.0 Å². The van der Waals surface area contributed by atoms with Gasteiger partial charge in [0, 0.05) is 11.4 Å². The number of rotatable bonds is 7. The lowest BCUT2D eigenvalue weighted by Crippen LogP contribution is -2.23. The Kier molecular flexibility index (Phi) is 4.98. The van der Waals surface area contributed by atoms with E-state index in [4.69, 9.17) is 9.84 Å². The van der Waals surface area contributed by atoms with Gasteiger partial charge in [0.05, 0.1) is 11.5 Å². The molecule has 1 aromatic carbocycles. The van der Waals surface area contributed by atoms with Crippen LogP contribution in [0.2, 0.25) is 0 Å². The lowest BCUT2D eigenvalue weighted by Gasteiger charge is -2.11. The molecule has 1 saturated carbocycles. The molecule has 0 aliphatic heterocycles. The van der Waals surface area contributed by atoms with Crippen LogP contribution in [0.5, 0.6) is 5.75 Å². The van der Waals surface area contributed by atoms with E-state index in [9.17, 15) is 9.90 Å². The average molecular weight is 402 g/mol. The summed E-state index contributed by atoms with van der Waals surface area (Å²) < 4.78 is 5.40. The van der Waals surface area contributed by atoms with Gasteiger partial charge < -0.3 is 20.3 Å². The van der Waals surface area contributed by atoms with Crippen molar-refractivity contribution < 1.29 is 19.7 Å². The third-order valence-corrected chi connectivity index (χ3v) is 7.42. The van der Waals surface area contributed by atoms with E-state index in [0.717, 1.165) is 16.9 Å². The highest BCUT2D eigenvalue weighted by Gasteiger charge is 2.63. The number of carbonyl (C=O) groups excluding carboxylic acids is 1. The van der Waals surface area contributed by atoms with Crippen molar-refractivity contribution in [1.29, 1.82) is 0 Å². The number of hydrogen-bond acceptors (Lipinski definition) is 5. The quantitative estimate of drug-likeness (QED) is 0.666. The number of benzene rings is 1. The second kappa shape index (κ2) is 7.17. The second-order valence-electron chi connectivity index (χ2n) is 8.46. The van der Waals surface area contributed by atoms with E-state index in [-0.39, 0.29) is 19.1 Å². The molecule has 4 rings (SSSR count). The second-order valence-corrected chi connectivity index (χ2v) is 9.69. The summed E-state index contributed by atoms with van der Waals surface area (Å²) in [7, 11) is 0. The highest BCUT2D eigenvalue weighted by Crippen LogP contribution is 2.71. The third-order valence-electron chi connectivity index (χ3n) is 6.25. The van der Waals surface area contributed by atoms with Gasteiger partial charge in [-0.2, -0.15) is 0 Å². The van der Waals surface area contributed by atoms with Gasteiger partial charge in [0.15, 0.2) is 0 Å². The fourth-order valence-corrected chi connectivity index (χ4v) is 5.67. The molecule has 6 heteroatoms. The van der Waals surface area contributed by atoms with Crippen LogP contribution in [-0.2, 0) is 13.0 Å². The summed E-state index contributed by atoms with van der Waals surface area (Å²) in [4.78, 5) is 15.0. The van der Waals surface area contributed by atoms with Crippen LogP contribution in [0.1, 0.15) is 51.0 Å². The van der Waals surface area contributed by atoms with Crippen LogP contribution in [0.4, 0.5) is 0 Å². The molecule has 3 N–H and O–H groups in total. The molecular formula is C22H27NO4S. The van der Waals surface area contributed by atoms with Crippen LogP contribution in [0.15, 0.2) is 24.3 Å². The van der Waals surface area contributed by atoms with Crippen molar-refractivity contribution in [1.82, 2.24) is 5.32 Å². The molecule has 1 heterocycles. The molecule has 0 bridgehead atoms. The molecule has 2 aliphatic carbocycles. The molecule has 0 saturated heterocycles. The fourth-order valence-electron chi connectivity index (χ4n) is 4.53. The Hall–Kier alpha value is -1.89. The van der Waals surface area contributed by atoms with Gasteiger partial charge in [-0.1, -0.05) is 26.0 Å². The van der Waals surface area contributed by atoms with Crippen molar-refractivity contribution in [3.63, 3.8) is 0 Å². The number of ether oxygens (including phenoxy) is 1. The smallest absolute Gasteiger partial charge is 0.261 e. The summed E-state index contributed by atoms with van der Waals surface area (Å²) in [5.74, 6) is 1.97. The first-order valence-corrected chi connectivity index (χ1v) is 10.6. The molecule has 0 unspecified atom stereocenters. The van der Waals surface area contributed by atoms with Gasteiger partial charge in [-0.15, -0.1) is 11.3 Å². The van der Waals surface area contributed by atoms with E-state index in [1.807, 2.05) is 12.1 Å². The monoisotopic (exact) mass is 401 g/mol. The molecule has 1 aromatic heterocycles. The van der Waals surface area contributed by atoms with Crippen molar-refractivity contribution in [2.75, 3.05) is 13.2 Å². The van der Waals surface area contributed by atoms with E-state index in [0.29, 0.717) is 29.5 Å². The molecule has 3 atom stereocenters. The average Bonchev–Trinajstić information content (AvgIpc) is 3.02. The lowest BCUT2D eigenvalue weighted by atomic mass is 9.95. The number of aliphatic hydroxyl groups excluding tert-OH is 2. The molecule has 28 heavy (non-hydrogen) atoms. The minimum absolute atomic E-state index is 0.0138. The van der Waals surface area contributed by atoms with E-state index in [1.54, 1.807) is 23.5 Å². The number of aliphatic hydroxyl groups is 2. The maximum absolute atomic E-state index is 12.8. The largest absolute Gasteiger partial charge is 0.491 e. The number of amides is 1. The predicted molar refractivity (Wildman–Crippen MR) is 109 cm³/mol.